The van der Waals surface area contributed by atoms with Crippen LogP contribution in [0.5, 0.6) is 5.88 Å². The van der Waals surface area contributed by atoms with Crippen LogP contribution in [0.1, 0.15) is 11.1 Å². The third-order valence-corrected chi connectivity index (χ3v) is 3.46. The molecule has 0 aliphatic rings. The van der Waals surface area contributed by atoms with Crippen molar-refractivity contribution in [1.82, 2.24) is 4.98 Å². The fourth-order valence-electron chi connectivity index (χ4n) is 1.15. The highest BCUT2D eigenvalue weighted by molar-refractivity contribution is 14.1. The summed E-state index contributed by atoms with van der Waals surface area (Å²) in [5.74, 6) is -2.03. The molecule has 0 unspecified atom stereocenters. The number of hydrogen-bond donors (Lipinski definition) is 1. The predicted octanol–water partition coefficient (Wildman–Crippen LogP) is 2.95. The van der Waals surface area contributed by atoms with E-state index < -0.39 is 24.6 Å². The molecule has 0 radical (unpaired) electrons. The molecular weight excluding hydrogens is 389 g/mol. The summed E-state index contributed by atoms with van der Waals surface area (Å²) in [5.41, 5.74) is 0.307. The van der Waals surface area contributed by atoms with Crippen LogP contribution in [0.4, 0.5) is 13.2 Å². The molecule has 0 aliphatic heterocycles. The van der Waals surface area contributed by atoms with Crippen molar-refractivity contribution in [3.05, 3.63) is 20.9 Å². The Balaban J connectivity index is 3.24. The lowest BCUT2D eigenvalue weighted by molar-refractivity contribution is -0.276. The van der Waals surface area contributed by atoms with Crippen LogP contribution >= 0.6 is 34.2 Å². The van der Waals surface area contributed by atoms with Gasteiger partial charge < -0.3 is 9.84 Å². The molecule has 0 saturated carbocycles. The van der Waals surface area contributed by atoms with Crippen LogP contribution in [0, 0.1) is 3.57 Å². The van der Waals surface area contributed by atoms with Crippen LogP contribution in [0.25, 0.3) is 0 Å². The number of alkyl halides is 4. The lowest BCUT2D eigenvalue weighted by Crippen LogP contribution is -2.20. The van der Waals surface area contributed by atoms with E-state index in [0.717, 1.165) is 6.20 Å². The number of pyridine rings is 1. The highest BCUT2D eigenvalue weighted by Crippen LogP contribution is 2.30. The largest absolute Gasteiger partial charge is 0.574 e. The first kappa shape index (κ1) is 15.3. The zero-order valence-electron chi connectivity index (χ0n) is 8.59. The van der Waals surface area contributed by atoms with Crippen molar-refractivity contribution in [3.63, 3.8) is 0 Å². The second-order valence-corrected chi connectivity index (χ2v) is 4.48. The van der Waals surface area contributed by atoms with E-state index >= 15 is 0 Å². The number of aromatic nitrogens is 1. The average Bonchev–Trinajstić information content (AvgIpc) is 2.21. The molecule has 1 aromatic heterocycles. The smallest absolute Gasteiger partial charge is 0.481 e. The Labute approximate surface area is 118 Å². The van der Waals surface area contributed by atoms with Crippen LogP contribution in [0.15, 0.2) is 6.20 Å². The van der Waals surface area contributed by atoms with Crippen molar-refractivity contribution < 1.29 is 27.8 Å². The van der Waals surface area contributed by atoms with Gasteiger partial charge in [0.05, 0.1) is 6.42 Å². The minimum Gasteiger partial charge on any atom is -0.481 e. The number of aliphatic carboxylic acids is 1. The number of hydrogen-bond acceptors (Lipinski definition) is 3. The Bertz CT molecular complexity index is 467. The van der Waals surface area contributed by atoms with Gasteiger partial charge in [-0.1, -0.05) is 0 Å². The van der Waals surface area contributed by atoms with Gasteiger partial charge in [0.15, 0.2) is 0 Å². The minimum absolute atomic E-state index is 0.0180. The Morgan fingerprint density at radius 2 is 2.17 bits per heavy atom. The molecule has 0 fully saturated rings. The first-order valence-corrected chi connectivity index (χ1v) is 6.05. The van der Waals surface area contributed by atoms with E-state index in [2.05, 4.69) is 9.72 Å². The van der Waals surface area contributed by atoms with Crippen LogP contribution in [0.3, 0.4) is 0 Å². The summed E-state index contributed by atoms with van der Waals surface area (Å²) in [6.45, 7) is 0. The second kappa shape index (κ2) is 5.91. The van der Waals surface area contributed by atoms with Crippen LogP contribution < -0.4 is 4.74 Å². The fourth-order valence-corrected chi connectivity index (χ4v) is 2.33. The summed E-state index contributed by atoms with van der Waals surface area (Å²) < 4.78 is 40.4. The van der Waals surface area contributed by atoms with E-state index in [9.17, 15) is 18.0 Å². The molecule has 9 heteroatoms. The molecule has 0 saturated heterocycles. The average molecular weight is 396 g/mol. The Morgan fingerprint density at radius 1 is 1.56 bits per heavy atom. The van der Waals surface area contributed by atoms with Crippen LogP contribution in [-0.2, 0) is 17.1 Å². The third-order valence-electron chi connectivity index (χ3n) is 1.83. The molecule has 0 aromatic carbocycles. The van der Waals surface area contributed by atoms with E-state index in [1.54, 1.807) is 22.6 Å². The minimum atomic E-state index is -4.92. The molecule has 1 N–H and O–H groups in total. The molecule has 18 heavy (non-hydrogen) atoms. The quantitative estimate of drug-likeness (QED) is 0.629. The predicted molar refractivity (Wildman–Crippen MR) is 64.5 cm³/mol. The van der Waals surface area contributed by atoms with Gasteiger partial charge in [-0.25, -0.2) is 4.98 Å². The van der Waals surface area contributed by atoms with Crippen LogP contribution in [0.2, 0.25) is 0 Å². The molecule has 1 aromatic rings. The van der Waals surface area contributed by atoms with Crippen molar-refractivity contribution in [2.45, 2.75) is 18.7 Å². The normalized spacial score (nSPS) is 11.4. The van der Waals surface area contributed by atoms with E-state index in [1.807, 2.05) is 0 Å². The van der Waals surface area contributed by atoms with E-state index in [0.29, 0.717) is 9.13 Å². The molecule has 1 rings (SSSR count). The van der Waals surface area contributed by atoms with Gasteiger partial charge in [-0.05, 0) is 28.2 Å². The maximum atomic E-state index is 12.1. The second-order valence-electron chi connectivity index (χ2n) is 3.13. The summed E-state index contributed by atoms with van der Waals surface area (Å²) in [6, 6.07) is 0. The monoisotopic (exact) mass is 395 g/mol. The van der Waals surface area contributed by atoms with E-state index in [4.69, 9.17) is 16.7 Å². The highest BCUT2D eigenvalue weighted by atomic mass is 127. The number of ether oxygens (including phenoxy) is 1. The molecular formula is C9H6ClF3INO3. The van der Waals surface area contributed by atoms with Gasteiger partial charge in [0, 0.05) is 21.2 Å². The molecule has 1 heterocycles. The lowest BCUT2D eigenvalue weighted by Gasteiger charge is -2.14. The number of halogens is 5. The van der Waals surface area contributed by atoms with Gasteiger partial charge in [-0.2, -0.15) is 0 Å². The number of rotatable bonds is 4. The summed E-state index contributed by atoms with van der Waals surface area (Å²) in [7, 11) is 0. The Morgan fingerprint density at radius 3 is 2.61 bits per heavy atom. The maximum absolute atomic E-state index is 12.1. The summed E-state index contributed by atoms with van der Waals surface area (Å²) in [5, 5.41) is 8.68. The number of carboxylic acid groups (broad SMARTS) is 1. The third kappa shape index (κ3) is 4.16. The standard InChI is InChI=1S/C9H6ClF3INO3/c10-2-4-3-15-8(18-9(11,12)13)5(7(4)14)1-6(16)17/h3H,1-2H2,(H,16,17). The van der Waals surface area contributed by atoms with Gasteiger partial charge in [0.25, 0.3) is 0 Å². The van der Waals surface area contributed by atoms with Gasteiger partial charge in [0.2, 0.25) is 5.88 Å². The number of carbonyl (C=O) groups is 1. The molecule has 4 nitrogen and oxygen atoms in total. The van der Waals surface area contributed by atoms with Crippen molar-refractivity contribution in [3.8, 4) is 5.88 Å². The SMILES string of the molecule is O=C(O)Cc1c(OC(F)(F)F)ncc(CCl)c1I. The summed E-state index contributed by atoms with van der Waals surface area (Å²) in [4.78, 5) is 14.1. The summed E-state index contributed by atoms with van der Waals surface area (Å²) >= 11 is 7.29. The summed E-state index contributed by atoms with van der Waals surface area (Å²) in [6.07, 6.45) is -4.42. The molecule has 0 aliphatic carbocycles. The Kier molecular flexibility index (Phi) is 5.02. The molecule has 100 valence electrons. The number of carboxylic acids is 1. The van der Waals surface area contributed by atoms with Crippen molar-refractivity contribution in [2.75, 3.05) is 0 Å². The van der Waals surface area contributed by atoms with Crippen molar-refractivity contribution >= 4 is 40.2 Å². The van der Waals surface area contributed by atoms with Gasteiger partial charge in [-0.15, -0.1) is 24.8 Å². The first-order valence-electron chi connectivity index (χ1n) is 4.44. The fraction of sp³-hybridized carbons (Fsp3) is 0.333. The zero-order chi connectivity index (χ0) is 13.9. The zero-order valence-corrected chi connectivity index (χ0v) is 11.5. The molecule has 0 atom stereocenters. The van der Waals surface area contributed by atoms with Gasteiger partial charge in [-0.3, -0.25) is 4.79 Å². The van der Waals surface area contributed by atoms with Crippen LogP contribution in [-0.4, -0.2) is 22.4 Å². The van der Waals surface area contributed by atoms with Gasteiger partial charge in [0.1, 0.15) is 0 Å². The van der Waals surface area contributed by atoms with E-state index in [-0.39, 0.29) is 11.4 Å². The molecule has 0 amide bonds. The Hall–Kier alpha value is -0.770. The van der Waals surface area contributed by atoms with Crippen molar-refractivity contribution in [1.29, 1.82) is 0 Å². The molecule has 0 spiro atoms. The highest BCUT2D eigenvalue weighted by Gasteiger charge is 2.33. The lowest BCUT2D eigenvalue weighted by atomic mass is 10.1. The molecule has 0 bridgehead atoms. The number of nitrogens with zero attached hydrogens (tertiary/aromatic N) is 1. The topological polar surface area (TPSA) is 59.4 Å². The van der Waals surface area contributed by atoms with E-state index in [1.165, 1.54) is 0 Å². The maximum Gasteiger partial charge on any atom is 0.574 e. The van der Waals surface area contributed by atoms with Crippen molar-refractivity contribution in [2.24, 2.45) is 0 Å². The van der Waals surface area contributed by atoms with Gasteiger partial charge >= 0.3 is 12.3 Å². The first-order chi connectivity index (χ1) is 8.24.